The van der Waals surface area contributed by atoms with Gasteiger partial charge < -0.3 is 10.1 Å². The minimum Gasteiger partial charge on any atom is -0.381 e. The van der Waals surface area contributed by atoms with Crippen molar-refractivity contribution in [3.8, 4) is 0 Å². The van der Waals surface area contributed by atoms with Crippen LogP contribution in [0.1, 0.15) is 40.0 Å². The Hall–Kier alpha value is -0.220. The molecule has 2 rings (SSSR count). The number of nitrogens with zero attached hydrogens (tertiary/aromatic N) is 1. The van der Waals surface area contributed by atoms with Crippen LogP contribution in [-0.2, 0) is 4.74 Å². The van der Waals surface area contributed by atoms with E-state index in [-0.39, 0.29) is 5.41 Å². The molecule has 1 heterocycles. The number of aliphatic imine (C=N–C) groups is 1. The third kappa shape index (κ3) is 2.63. The van der Waals surface area contributed by atoms with Gasteiger partial charge in [0.25, 0.3) is 0 Å². The zero-order valence-electron chi connectivity index (χ0n) is 11.3. The molecule has 17 heavy (non-hydrogen) atoms. The van der Waals surface area contributed by atoms with Gasteiger partial charge in [-0.25, -0.2) is 0 Å². The summed E-state index contributed by atoms with van der Waals surface area (Å²) in [5.41, 5.74) is 0.184. The molecule has 1 saturated heterocycles. The number of nitrogens with one attached hydrogen (secondary N) is 1. The highest BCUT2D eigenvalue weighted by atomic mass is 32.2. The number of methoxy groups -OCH3 is 1. The summed E-state index contributed by atoms with van der Waals surface area (Å²) in [4.78, 5) is 4.88. The standard InChI is InChI=1S/C13H24N2OS/c1-5-9-6-7-17-12(14-9)15-10-8-11(16-4)13(10,2)3/h9-11H,5-8H2,1-4H3,(H,14,15). The quantitative estimate of drug-likeness (QED) is 0.843. The van der Waals surface area contributed by atoms with Gasteiger partial charge in [0.2, 0.25) is 0 Å². The first-order valence-electron chi connectivity index (χ1n) is 6.57. The van der Waals surface area contributed by atoms with Gasteiger partial charge in [-0.15, -0.1) is 0 Å². The summed E-state index contributed by atoms with van der Waals surface area (Å²) in [6, 6.07) is 1.04. The Labute approximate surface area is 109 Å². The molecule has 1 N–H and O–H groups in total. The molecule has 1 saturated carbocycles. The first kappa shape index (κ1) is 13.2. The zero-order valence-corrected chi connectivity index (χ0v) is 12.1. The van der Waals surface area contributed by atoms with Crippen LogP contribution in [0.2, 0.25) is 0 Å². The van der Waals surface area contributed by atoms with Crippen LogP contribution < -0.4 is 5.32 Å². The van der Waals surface area contributed by atoms with Crippen molar-refractivity contribution >= 4 is 16.9 Å². The molecule has 1 aliphatic heterocycles. The lowest BCUT2D eigenvalue weighted by Gasteiger charge is -2.49. The molecule has 4 heteroatoms. The maximum atomic E-state index is 5.47. The Morgan fingerprint density at radius 3 is 2.88 bits per heavy atom. The van der Waals surface area contributed by atoms with Gasteiger partial charge in [-0.1, -0.05) is 32.5 Å². The minimum absolute atomic E-state index is 0.184. The molecule has 3 unspecified atom stereocenters. The molecular formula is C13H24N2OS. The number of rotatable bonds is 3. The van der Waals surface area contributed by atoms with Crippen LogP contribution in [0.15, 0.2) is 4.99 Å². The van der Waals surface area contributed by atoms with E-state index < -0.39 is 0 Å². The maximum absolute atomic E-state index is 5.47. The highest BCUT2D eigenvalue weighted by Gasteiger charge is 2.48. The fourth-order valence-electron chi connectivity index (χ4n) is 2.59. The summed E-state index contributed by atoms with van der Waals surface area (Å²) in [6.45, 7) is 6.74. The summed E-state index contributed by atoms with van der Waals surface area (Å²) in [5, 5.41) is 4.69. The normalized spacial score (nSPS) is 38.6. The summed E-state index contributed by atoms with van der Waals surface area (Å²) < 4.78 is 5.47. The van der Waals surface area contributed by atoms with Gasteiger partial charge in [0.05, 0.1) is 12.1 Å². The Morgan fingerprint density at radius 2 is 2.29 bits per heavy atom. The lowest BCUT2D eigenvalue weighted by molar-refractivity contribution is -0.0850. The van der Waals surface area contributed by atoms with Crippen molar-refractivity contribution in [2.45, 2.75) is 58.2 Å². The van der Waals surface area contributed by atoms with E-state index in [0.29, 0.717) is 18.2 Å². The predicted octanol–water partition coefficient (Wildman–Crippen LogP) is 2.66. The van der Waals surface area contributed by atoms with Crippen molar-refractivity contribution in [2.24, 2.45) is 10.4 Å². The van der Waals surface area contributed by atoms with Gasteiger partial charge in [-0.05, 0) is 19.3 Å². The SMILES string of the molecule is CCC1CCSC(=NC2CC(OC)C2(C)C)N1. The Kier molecular flexibility index (Phi) is 4.03. The molecule has 3 atom stereocenters. The van der Waals surface area contributed by atoms with E-state index >= 15 is 0 Å². The number of thioether (sulfide) groups is 1. The summed E-state index contributed by atoms with van der Waals surface area (Å²) >= 11 is 1.87. The topological polar surface area (TPSA) is 33.6 Å². The molecule has 0 bridgehead atoms. The van der Waals surface area contributed by atoms with Crippen molar-refractivity contribution in [1.82, 2.24) is 5.32 Å². The molecule has 0 amide bonds. The summed E-state index contributed by atoms with van der Waals surface area (Å²) in [6.07, 6.45) is 3.88. The van der Waals surface area contributed by atoms with Gasteiger partial charge >= 0.3 is 0 Å². The molecule has 0 aromatic rings. The van der Waals surface area contributed by atoms with E-state index in [9.17, 15) is 0 Å². The summed E-state index contributed by atoms with van der Waals surface area (Å²) in [7, 11) is 1.80. The average Bonchev–Trinajstić information content (AvgIpc) is 2.34. The molecular weight excluding hydrogens is 232 g/mol. The van der Waals surface area contributed by atoms with E-state index in [0.717, 1.165) is 11.6 Å². The number of amidine groups is 1. The first-order valence-corrected chi connectivity index (χ1v) is 7.56. The van der Waals surface area contributed by atoms with Gasteiger partial charge in [0.15, 0.2) is 5.17 Å². The fourth-order valence-corrected chi connectivity index (χ4v) is 3.64. The monoisotopic (exact) mass is 256 g/mol. The molecule has 0 aromatic heterocycles. The van der Waals surface area contributed by atoms with Crippen molar-refractivity contribution < 1.29 is 4.74 Å². The zero-order chi connectivity index (χ0) is 12.5. The van der Waals surface area contributed by atoms with Crippen LogP contribution in [-0.4, -0.2) is 36.2 Å². The van der Waals surface area contributed by atoms with Crippen molar-refractivity contribution in [2.75, 3.05) is 12.9 Å². The predicted molar refractivity (Wildman–Crippen MR) is 74.7 cm³/mol. The third-order valence-corrected chi connectivity index (χ3v) is 5.15. The van der Waals surface area contributed by atoms with Gasteiger partial charge in [-0.3, -0.25) is 4.99 Å². The summed E-state index contributed by atoms with van der Waals surface area (Å²) in [5.74, 6) is 1.20. The van der Waals surface area contributed by atoms with Crippen LogP contribution in [0.5, 0.6) is 0 Å². The van der Waals surface area contributed by atoms with Gasteiger partial charge in [0, 0.05) is 24.3 Å². The molecule has 0 radical (unpaired) electrons. The van der Waals surface area contributed by atoms with Crippen LogP contribution in [0.25, 0.3) is 0 Å². The molecule has 1 aliphatic carbocycles. The average molecular weight is 256 g/mol. The third-order valence-electron chi connectivity index (χ3n) is 4.21. The molecule has 0 aromatic carbocycles. The molecule has 0 spiro atoms. The van der Waals surface area contributed by atoms with Crippen molar-refractivity contribution in [3.05, 3.63) is 0 Å². The number of hydrogen-bond donors (Lipinski definition) is 1. The van der Waals surface area contributed by atoms with Crippen LogP contribution in [0, 0.1) is 5.41 Å². The number of hydrogen-bond acceptors (Lipinski definition) is 3. The lowest BCUT2D eigenvalue weighted by Crippen LogP contribution is -2.54. The van der Waals surface area contributed by atoms with E-state index in [1.54, 1.807) is 7.11 Å². The fraction of sp³-hybridized carbons (Fsp3) is 0.923. The Balaban J connectivity index is 1.96. The van der Waals surface area contributed by atoms with Gasteiger partial charge in [0.1, 0.15) is 0 Å². The first-order chi connectivity index (χ1) is 8.07. The maximum Gasteiger partial charge on any atom is 0.157 e. The second-order valence-electron chi connectivity index (χ2n) is 5.62. The smallest absolute Gasteiger partial charge is 0.157 e. The highest BCUT2D eigenvalue weighted by Crippen LogP contribution is 2.44. The second-order valence-corrected chi connectivity index (χ2v) is 6.70. The van der Waals surface area contributed by atoms with Crippen LogP contribution in [0.4, 0.5) is 0 Å². The van der Waals surface area contributed by atoms with Crippen LogP contribution in [0.3, 0.4) is 0 Å². The van der Waals surface area contributed by atoms with Crippen LogP contribution >= 0.6 is 11.8 Å². The lowest BCUT2D eigenvalue weighted by atomic mass is 9.65. The van der Waals surface area contributed by atoms with E-state index in [1.165, 1.54) is 18.6 Å². The molecule has 2 fully saturated rings. The van der Waals surface area contributed by atoms with E-state index in [2.05, 4.69) is 26.1 Å². The van der Waals surface area contributed by atoms with Crippen molar-refractivity contribution in [3.63, 3.8) is 0 Å². The Morgan fingerprint density at radius 1 is 1.53 bits per heavy atom. The largest absolute Gasteiger partial charge is 0.381 e. The van der Waals surface area contributed by atoms with Crippen molar-refractivity contribution in [1.29, 1.82) is 0 Å². The Bertz CT molecular complexity index is 304. The van der Waals surface area contributed by atoms with E-state index in [4.69, 9.17) is 9.73 Å². The number of ether oxygens (including phenoxy) is 1. The van der Waals surface area contributed by atoms with E-state index in [1.807, 2.05) is 11.8 Å². The molecule has 3 nitrogen and oxygen atoms in total. The highest BCUT2D eigenvalue weighted by molar-refractivity contribution is 8.13. The van der Waals surface area contributed by atoms with Gasteiger partial charge in [-0.2, -0.15) is 0 Å². The minimum atomic E-state index is 0.184. The molecule has 2 aliphatic rings. The molecule has 98 valence electrons. The second kappa shape index (κ2) is 5.19.